The molecule has 150 valence electrons. The average Bonchev–Trinajstić information content (AvgIpc) is 3.38. The van der Waals surface area contributed by atoms with Gasteiger partial charge in [-0.3, -0.25) is 4.79 Å². The molecular weight excluding hydrogens is 422 g/mol. The molecule has 30 heavy (non-hydrogen) atoms. The molecule has 2 aromatic heterocycles. The van der Waals surface area contributed by atoms with Crippen LogP contribution in [0.15, 0.2) is 57.1 Å². The Morgan fingerprint density at radius 2 is 2.03 bits per heavy atom. The molecule has 7 heteroatoms. The molecule has 0 N–H and O–H groups in total. The lowest BCUT2D eigenvalue weighted by Crippen LogP contribution is -2.12. The van der Waals surface area contributed by atoms with Crippen LogP contribution in [0.4, 0.5) is 0 Å². The monoisotopic (exact) mass is 437 g/mol. The fourth-order valence-electron chi connectivity index (χ4n) is 3.79. The first-order valence-electron chi connectivity index (χ1n) is 9.56. The summed E-state index contributed by atoms with van der Waals surface area (Å²) in [5, 5.41) is 4.17. The van der Waals surface area contributed by atoms with Crippen LogP contribution in [-0.2, 0) is 24.1 Å². The van der Waals surface area contributed by atoms with Crippen LogP contribution < -0.4 is 10.4 Å². The molecule has 0 amide bonds. The van der Waals surface area contributed by atoms with E-state index in [2.05, 4.69) is 4.98 Å². The highest BCUT2D eigenvalue weighted by Crippen LogP contribution is 2.30. The van der Waals surface area contributed by atoms with Gasteiger partial charge in [-0.15, -0.1) is 11.3 Å². The molecule has 2 heterocycles. The molecule has 0 unspecified atom stereocenters. The number of halogens is 1. The first kappa shape index (κ1) is 19.0. The molecular formula is C23H16ClNO4S. The van der Waals surface area contributed by atoms with Crippen LogP contribution in [0.2, 0.25) is 5.02 Å². The summed E-state index contributed by atoms with van der Waals surface area (Å²) < 4.78 is 10.9. The van der Waals surface area contributed by atoms with Crippen LogP contribution in [0.1, 0.15) is 23.2 Å². The minimum Gasteiger partial charge on any atom is -0.426 e. The van der Waals surface area contributed by atoms with Gasteiger partial charge in [0.1, 0.15) is 16.3 Å². The van der Waals surface area contributed by atoms with Crippen molar-refractivity contribution in [2.24, 2.45) is 0 Å². The fraction of sp³-hybridized carbons (Fsp3) is 0.174. The van der Waals surface area contributed by atoms with Crippen molar-refractivity contribution in [3.63, 3.8) is 0 Å². The number of ether oxygens (including phenoxy) is 1. The normalized spacial score (nSPS) is 12.8. The number of rotatable bonds is 4. The summed E-state index contributed by atoms with van der Waals surface area (Å²) in [4.78, 5) is 29.1. The largest absolute Gasteiger partial charge is 0.426 e. The number of aromatic nitrogens is 1. The second-order valence-electron chi connectivity index (χ2n) is 7.16. The van der Waals surface area contributed by atoms with Crippen molar-refractivity contribution < 1.29 is 13.9 Å². The smallest absolute Gasteiger partial charge is 0.339 e. The topological polar surface area (TPSA) is 69.4 Å². The van der Waals surface area contributed by atoms with Crippen LogP contribution >= 0.6 is 22.9 Å². The van der Waals surface area contributed by atoms with E-state index >= 15 is 0 Å². The molecule has 1 aliphatic carbocycles. The van der Waals surface area contributed by atoms with Crippen molar-refractivity contribution in [2.45, 2.75) is 25.7 Å². The first-order chi connectivity index (χ1) is 14.6. The number of esters is 1. The molecule has 0 bridgehead atoms. The molecule has 0 radical (unpaired) electrons. The zero-order chi connectivity index (χ0) is 20.7. The van der Waals surface area contributed by atoms with Crippen LogP contribution in [0.3, 0.4) is 0 Å². The Hall–Kier alpha value is -2.96. The van der Waals surface area contributed by atoms with Gasteiger partial charge in [-0.2, -0.15) is 0 Å². The Morgan fingerprint density at radius 1 is 1.17 bits per heavy atom. The zero-order valence-corrected chi connectivity index (χ0v) is 17.4. The van der Waals surface area contributed by atoms with Gasteiger partial charge in [0.2, 0.25) is 0 Å². The highest BCUT2D eigenvalue weighted by atomic mass is 35.5. The van der Waals surface area contributed by atoms with Gasteiger partial charge in [0, 0.05) is 33.0 Å². The molecule has 0 saturated heterocycles. The lowest BCUT2D eigenvalue weighted by atomic mass is 10.1. The lowest BCUT2D eigenvalue weighted by Gasteiger charge is -2.07. The molecule has 2 aromatic carbocycles. The summed E-state index contributed by atoms with van der Waals surface area (Å²) in [6.07, 6.45) is 2.63. The molecule has 0 saturated carbocycles. The summed E-state index contributed by atoms with van der Waals surface area (Å²) >= 11 is 7.48. The maximum Gasteiger partial charge on any atom is 0.339 e. The summed E-state index contributed by atoms with van der Waals surface area (Å²) in [6, 6.07) is 12.6. The lowest BCUT2D eigenvalue weighted by molar-refractivity contribution is -0.133. The highest BCUT2D eigenvalue weighted by molar-refractivity contribution is 7.13. The van der Waals surface area contributed by atoms with E-state index in [9.17, 15) is 9.59 Å². The SMILES string of the molecule is O=C(Cc1csc(-c2cccc(Cl)c2)n1)Oc1ccc2c3c(c(=O)oc2c1)CCC3. The number of carbonyl (C=O) groups excluding carboxylic acids is 1. The molecule has 0 atom stereocenters. The van der Waals surface area contributed by atoms with Crippen LogP contribution in [0.25, 0.3) is 21.5 Å². The van der Waals surface area contributed by atoms with E-state index in [1.807, 2.05) is 29.6 Å². The van der Waals surface area contributed by atoms with Gasteiger partial charge in [0.15, 0.2) is 0 Å². The number of carbonyl (C=O) groups is 1. The Balaban J connectivity index is 1.33. The third-order valence-corrected chi connectivity index (χ3v) is 6.30. The first-order valence-corrected chi connectivity index (χ1v) is 10.8. The summed E-state index contributed by atoms with van der Waals surface area (Å²) in [5.74, 6) is -0.0836. The fourth-order valence-corrected chi connectivity index (χ4v) is 4.79. The second kappa shape index (κ2) is 7.70. The van der Waals surface area contributed by atoms with Crippen molar-refractivity contribution in [3.05, 3.63) is 80.1 Å². The van der Waals surface area contributed by atoms with E-state index in [0.29, 0.717) is 22.0 Å². The third kappa shape index (κ3) is 3.64. The van der Waals surface area contributed by atoms with E-state index in [0.717, 1.165) is 46.3 Å². The number of nitrogens with zero attached hydrogens (tertiary/aromatic N) is 1. The van der Waals surface area contributed by atoms with Crippen molar-refractivity contribution in [1.29, 1.82) is 0 Å². The zero-order valence-electron chi connectivity index (χ0n) is 15.8. The Labute approximate surface area is 180 Å². The quantitative estimate of drug-likeness (QED) is 0.249. The average molecular weight is 438 g/mol. The van der Waals surface area contributed by atoms with Crippen LogP contribution in [0, 0.1) is 0 Å². The molecule has 0 fully saturated rings. The summed E-state index contributed by atoms with van der Waals surface area (Å²) in [7, 11) is 0. The van der Waals surface area contributed by atoms with Crippen molar-refractivity contribution in [3.8, 4) is 16.3 Å². The number of hydrogen-bond donors (Lipinski definition) is 0. The van der Waals surface area contributed by atoms with Gasteiger partial charge in [-0.25, -0.2) is 9.78 Å². The number of fused-ring (bicyclic) bond motifs is 3. The minimum absolute atomic E-state index is 0.0449. The van der Waals surface area contributed by atoms with Gasteiger partial charge >= 0.3 is 11.6 Å². The summed E-state index contributed by atoms with van der Waals surface area (Å²) in [5.41, 5.74) is 3.51. The minimum atomic E-state index is -0.430. The molecule has 5 rings (SSSR count). The van der Waals surface area contributed by atoms with Gasteiger partial charge in [-0.1, -0.05) is 23.7 Å². The van der Waals surface area contributed by atoms with Crippen LogP contribution in [-0.4, -0.2) is 11.0 Å². The maximum atomic E-state index is 12.4. The van der Waals surface area contributed by atoms with Crippen molar-refractivity contribution >= 4 is 39.9 Å². The predicted octanol–water partition coefficient (Wildman–Crippen LogP) is 5.21. The van der Waals surface area contributed by atoms with E-state index in [1.54, 1.807) is 18.2 Å². The molecule has 0 spiro atoms. The van der Waals surface area contributed by atoms with E-state index in [-0.39, 0.29) is 12.0 Å². The standard InChI is InChI=1S/C23H16ClNO4S/c24-14-4-1-3-13(9-14)22-25-15(12-30-22)10-21(26)28-16-7-8-18-17-5-2-6-19(17)23(27)29-20(18)11-16/h1,3-4,7-9,11-12H,2,5-6,10H2. The van der Waals surface area contributed by atoms with Gasteiger partial charge in [-0.05, 0) is 49.1 Å². The van der Waals surface area contributed by atoms with Gasteiger partial charge < -0.3 is 9.15 Å². The van der Waals surface area contributed by atoms with Crippen molar-refractivity contribution in [2.75, 3.05) is 0 Å². The Bertz CT molecular complexity index is 1340. The second-order valence-corrected chi connectivity index (χ2v) is 8.46. The van der Waals surface area contributed by atoms with Crippen molar-refractivity contribution in [1.82, 2.24) is 4.98 Å². The summed E-state index contributed by atoms with van der Waals surface area (Å²) in [6.45, 7) is 0. The van der Waals surface area contributed by atoms with E-state index < -0.39 is 5.97 Å². The van der Waals surface area contributed by atoms with E-state index in [1.165, 1.54) is 11.3 Å². The molecule has 1 aliphatic rings. The highest BCUT2D eigenvalue weighted by Gasteiger charge is 2.20. The van der Waals surface area contributed by atoms with Crippen LogP contribution in [0.5, 0.6) is 5.75 Å². The maximum absolute atomic E-state index is 12.4. The van der Waals surface area contributed by atoms with E-state index in [4.69, 9.17) is 20.8 Å². The number of thiazole rings is 1. The Morgan fingerprint density at radius 3 is 2.90 bits per heavy atom. The number of hydrogen-bond acceptors (Lipinski definition) is 6. The van der Waals surface area contributed by atoms with Gasteiger partial charge in [0.25, 0.3) is 0 Å². The number of benzene rings is 2. The number of aryl methyl sites for hydroxylation is 1. The third-order valence-electron chi connectivity index (χ3n) is 5.13. The molecule has 4 aromatic rings. The van der Waals surface area contributed by atoms with Gasteiger partial charge in [0.05, 0.1) is 12.1 Å². The predicted molar refractivity (Wildman–Crippen MR) is 116 cm³/mol. The molecule has 0 aliphatic heterocycles. The Kier molecular flexibility index (Phi) is 4.89. The molecule has 5 nitrogen and oxygen atoms in total.